The maximum atomic E-state index is 13.4. The van der Waals surface area contributed by atoms with Crippen LogP contribution in [0.3, 0.4) is 0 Å². The number of allylic oxidation sites excluding steroid dienone is 4. The summed E-state index contributed by atoms with van der Waals surface area (Å²) in [7, 11) is 0. The van der Waals surface area contributed by atoms with Crippen molar-refractivity contribution < 1.29 is 51.3 Å². The maximum absolute atomic E-state index is 13.4. The number of hydrogen-bond acceptors (Lipinski definition) is 1. The van der Waals surface area contributed by atoms with Crippen molar-refractivity contribution in [1.82, 2.24) is 0 Å². The molecule has 0 bridgehead atoms. The third-order valence-corrected chi connectivity index (χ3v) is 8.00. The van der Waals surface area contributed by atoms with E-state index in [1.54, 1.807) is 0 Å². The van der Waals surface area contributed by atoms with Crippen LogP contribution in [0.25, 0.3) is 38.3 Å². The van der Waals surface area contributed by atoms with Crippen LogP contribution in [0.2, 0.25) is 0 Å². The van der Waals surface area contributed by atoms with E-state index in [0.29, 0.717) is 11.3 Å². The minimum absolute atomic E-state index is 0. The van der Waals surface area contributed by atoms with Gasteiger partial charge in [0.15, 0.2) is 0 Å². The number of benzene rings is 5. The van der Waals surface area contributed by atoms with Crippen molar-refractivity contribution in [2.75, 3.05) is 0 Å². The van der Waals surface area contributed by atoms with Crippen LogP contribution in [0, 0.1) is 11.5 Å². The second kappa shape index (κ2) is 16.1. The van der Waals surface area contributed by atoms with Crippen molar-refractivity contribution >= 4 is 22.4 Å². The van der Waals surface area contributed by atoms with Crippen LogP contribution in [0.5, 0.6) is 0 Å². The Hall–Kier alpha value is -3.40. The van der Waals surface area contributed by atoms with Crippen LogP contribution in [-0.4, -0.2) is 5.91 Å². The molecule has 0 N–H and O–H groups in total. The molecule has 0 aliphatic heterocycles. The van der Waals surface area contributed by atoms with Gasteiger partial charge in [0.2, 0.25) is 0 Å². The number of carbonyl (C=O) groups is 1. The first-order chi connectivity index (χ1) is 19.8. The van der Waals surface area contributed by atoms with Crippen molar-refractivity contribution in [3.05, 3.63) is 155 Å². The third-order valence-electron chi connectivity index (χ3n) is 8.00. The predicted molar refractivity (Wildman–Crippen MR) is 173 cm³/mol. The van der Waals surface area contributed by atoms with Crippen molar-refractivity contribution in [3.63, 3.8) is 0 Å². The Morgan fingerprint density at radius 2 is 1.11 bits per heavy atom. The molecule has 0 unspecified atom stereocenters. The van der Waals surface area contributed by atoms with Gasteiger partial charge in [0.1, 0.15) is 0 Å². The predicted octanol–water partition coefficient (Wildman–Crippen LogP) is 5.14. The number of carbonyl (C=O) groups excluding carboxylic acids is 1. The molecule has 2 nitrogen and oxygen atoms in total. The van der Waals surface area contributed by atoms with Gasteiger partial charge in [0, 0.05) is 5.56 Å². The number of fused-ring (bicyclic) bond motifs is 1. The molecule has 0 saturated carbocycles. The Kier molecular flexibility index (Phi) is 13.4. The number of para-hydroxylation sites is 1. The quantitative estimate of drug-likeness (QED) is 0.196. The van der Waals surface area contributed by atoms with Crippen LogP contribution in [0.15, 0.2) is 138 Å². The second-order valence-electron chi connectivity index (χ2n) is 11.0. The fourth-order valence-corrected chi connectivity index (χ4v) is 5.35. The number of amides is 1. The summed E-state index contributed by atoms with van der Waals surface area (Å²) >= 11 is 0. The van der Waals surface area contributed by atoms with Crippen LogP contribution in [0.1, 0.15) is 45.0 Å². The molecule has 0 atom stereocenters. The monoisotopic (exact) mass is 651 g/mol. The molecule has 220 valence electrons. The number of hydrogen-bond donors (Lipinski definition) is 0. The average molecular weight is 652 g/mol. The number of halogens is 2. The molecular formula is C39H35Cl2NOTi. The smallest absolute Gasteiger partial charge is 1.00 e. The molecule has 0 radical (unpaired) electrons. The van der Waals surface area contributed by atoms with Crippen LogP contribution < -0.4 is 24.8 Å². The van der Waals surface area contributed by atoms with Crippen molar-refractivity contribution in [3.8, 4) is 22.3 Å². The van der Waals surface area contributed by atoms with Crippen molar-refractivity contribution in [2.45, 2.75) is 34.6 Å². The summed E-state index contributed by atoms with van der Waals surface area (Å²) in [5.41, 5.74) is 9.64. The van der Waals surface area contributed by atoms with Gasteiger partial charge in [-0.1, -0.05) is 154 Å². The molecule has 0 spiro atoms. The Labute approximate surface area is 289 Å². The largest absolute Gasteiger partial charge is 4.00 e. The molecule has 0 saturated heterocycles. The summed E-state index contributed by atoms with van der Waals surface area (Å²) in [5, 5.41) is 6.64. The fraction of sp³-hybridized carbons (Fsp3) is 0.154. The van der Waals surface area contributed by atoms with Gasteiger partial charge in [-0.3, -0.25) is 6.08 Å². The maximum Gasteiger partial charge on any atom is 4.00 e. The summed E-state index contributed by atoms with van der Waals surface area (Å²) in [6, 6.07) is 39.9. The Morgan fingerprint density at radius 1 is 0.636 bits per heavy atom. The van der Waals surface area contributed by atoms with Crippen LogP contribution in [-0.2, 0) is 21.7 Å². The molecule has 1 aliphatic carbocycles. The molecule has 1 amide bonds. The molecule has 44 heavy (non-hydrogen) atoms. The van der Waals surface area contributed by atoms with E-state index in [2.05, 4.69) is 40.7 Å². The van der Waals surface area contributed by atoms with Gasteiger partial charge in [0.05, 0.1) is 5.91 Å². The van der Waals surface area contributed by atoms with Crippen LogP contribution in [0.4, 0.5) is 5.69 Å². The molecule has 5 aromatic carbocycles. The normalized spacial score (nSPS) is 12.9. The van der Waals surface area contributed by atoms with Gasteiger partial charge in [0.25, 0.3) is 0 Å². The Balaban J connectivity index is 0.000000448. The van der Waals surface area contributed by atoms with E-state index in [1.807, 2.05) is 121 Å². The van der Waals surface area contributed by atoms with Gasteiger partial charge in [-0.05, 0) is 33.0 Å². The average Bonchev–Trinajstić information content (AvgIpc) is 3.18. The molecule has 0 heterocycles. The molecule has 1 aliphatic rings. The van der Waals surface area contributed by atoms with Gasteiger partial charge in [-0.2, -0.15) is 11.1 Å². The van der Waals surface area contributed by atoms with Gasteiger partial charge in [-0.15, -0.1) is 12.6 Å². The molecular weight excluding hydrogens is 617 g/mol. The molecule has 5 heteroatoms. The van der Waals surface area contributed by atoms with Gasteiger partial charge < -0.3 is 34.9 Å². The zero-order valence-corrected chi connectivity index (χ0v) is 28.7. The molecule has 6 rings (SSSR count). The fourth-order valence-electron chi connectivity index (χ4n) is 5.35. The molecule has 5 aromatic rings. The summed E-state index contributed by atoms with van der Waals surface area (Å²) in [4.78, 5) is 13.4. The van der Waals surface area contributed by atoms with Crippen molar-refractivity contribution in [2.24, 2.45) is 5.41 Å². The SMILES string of the molecule is CC1=[C-]C(C)(C)C(C)=C1C.O=C([N-]c1c(-c2ccccc2)cccc1-c1ccccc1)c1cccc2ccccc12.[Cl-].[Cl-].[Ti+4]. The van der Waals surface area contributed by atoms with E-state index in [-0.39, 0.29) is 57.9 Å². The first kappa shape index (κ1) is 36.8. The van der Waals surface area contributed by atoms with E-state index in [0.717, 1.165) is 33.0 Å². The minimum atomic E-state index is -0.239. The van der Waals surface area contributed by atoms with Crippen molar-refractivity contribution in [1.29, 1.82) is 0 Å². The summed E-state index contributed by atoms with van der Waals surface area (Å²) in [5.74, 6) is -0.239. The minimum Gasteiger partial charge on any atom is -1.00 e. The van der Waals surface area contributed by atoms with E-state index < -0.39 is 0 Å². The Morgan fingerprint density at radius 3 is 1.59 bits per heavy atom. The zero-order chi connectivity index (χ0) is 29.0. The summed E-state index contributed by atoms with van der Waals surface area (Å²) in [6.45, 7) is 10.9. The molecule has 0 aromatic heterocycles. The topological polar surface area (TPSA) is 31.2 Å². The summed E-state index contributed by atoms with van der Waals surface area (Å²) in [6.07, 6.45) is 3.44. The third kappa shape index (κ3) is 8.00. The summed E-state index contributed by atoms with van der Waals surface area (Å²) < 4.78 is 0. The second-order valence-corrected chi connectivity index (χ2v) is 11.0. The first-order valence-corrected chi connectivity index (χ1v) is 14.0. The Bertz CT molecular complexity index is 1710. The van der Waals surface area contributed by atoms with Crippen LogP contribution >= 0.6 is 0 Å². The molecule has 0 fully saturated rings. The van der Waals surface area contributed by atoms with Gasteiger partial charge in [-0.25, -0.2) is 5.57 Å². The van der Waals surface area contributed by atoms with E-state index in [9.17, 15) is 4.79 Å². The first-order valence-electron chi connectivity index (χ1n) is 14.0. The van der Waals surface area contributed by atoms with E-state index in [1.165, 1.54) is 16.7 Å². The van der Waals surface area contributed by atoms with Gasteiger partial charge >= 0.3 is 21.7 Å². The number of rotatable bonds is 4. The van der Waals surface area contributed by atoms with E-state index >= 15 is 0 Å². The standard InChI is InChI=1S/C29H21NO.C10H15.2ClH.Ti/c31-29(27-20-9-16-21-15-7-8-17-24(21)27)30-28-25(22-11-3-1-4-12-22)18-10-19-26(28)23-13-5-2-6-14-23;1-7-6-10(4,5)9(3)8(7)2;;;/h1-20H,(H,30,31);1-5H3;2*1H;/q;-1;;;+4/p-3. The number of nitrogens with zero attached hydrogens (tertiary/aromatic N) is 1. The van der Waals surface area contributed by atoms with E-state index in [4.69, 9.17) is 5.32 Å². The zero-order valence-electron chi connectivity index (χ0n) is 25.7.